The number of para-hydroxylation sites is 1. The lowest BCUT2D eigenvalue weighted by atomic mass is 10.1. The molecule has 0 heterocycles. The van der Waals surface area contributed by atoms with Crippen LogP contribution in [0.15, 0.2) is 82.2 Å². The number of halogens is 1. The first-order valence-corrected chi connectivity index (χ1v) is 16.3. The van der Waals surface area contributed by atoms with Gasteiger partial charge >= 0.3 is 0 Å². The first-order valence-electron chi connectivity index (χ1n) is 14.1. The van der Waals surface area contributed by atoms with Crippen LogP contribution in [0.2, 0.25) is 0 Å². The van der Waals surface area contributed by atoms with Crippen molar-refractivity contribution in [1.82, 2.24) is 10.2 Å². The Hall–Kier alpha value is -3.17. The van der Waals surface area contributed by atoms with E-state index in [1.165, 1.54) is 9.21 Å². The van der Waals surface area contributed by atoms with E-state index >= 15 is 0 Å². The molecule has 1 atom stereocenters. The molecule has 4 rings (SSSR count). The summed E-state index contributed by atoms with van der Waals surface area (Å²) in [6.45, 7) is 5.28. The quantitative estimate of drug-likeness (QED) is 0.279. The van der Waals surface area contributed by atoms with Crippen molar-refractivity contribution >= 4 is 43.5 Å². The van der Waals surface area contributed by atoms with Crippen LogP contribution in [0.3, 0.4) is 0 Å². The Labute approximate surface area is 252 Å². The van der Waals surface area contributed by atoms with Crippen molar-refractivity contribution in [3.63, 3.8) is 0 Å². The van der Waals surface area contributed by atoms with E-state index in [0.717, 1.165) is 46.8 Å². The molecule has 1 fully saturated rings. The van der Waals surface area contributed by atoms with Gasteiger partial charge in [0.15, 0.2) is 0 Å². The van der Waals surface area contributed by atoms with Crippen LogP contribution in [0.4, 0.5) is 5.69 Å². The predicted molar refractivity (Wildman–Crippen MR) is 166 cm³/mol. The molecule has 3 aromatic carbocycles. The molecule has 1 aliphatic rings. The largest absolute Gasteiger partial charge is 0.352 e. The van der Waals surface area contributed by atoms with Gasteiger partial charge in [-0.15, -0.1) is 0 Å². The molecule has 0 bridgehead atoms. The second-order valence-electron chi connectivity index (χ2n) is 10.6. The number of benzene rings is 3. The standard InChI is InChI=1S/C32H38BrN3O4S/c1-4-26-9-5-8-12-30(26)36(41(39,40)29-19-13-23(2)14-20-29)22-31(37)35(21-25-15-17-27(33)18-16-25)24(3)32(38)34-28-10-6-7-11-28/h5,8-9,12-20,24,28H,4,6-7,10-11,21-22H2,1-3H3,(H,34,38). The molecule has 41 heavy (non-hydrogen) atoms. The summed E-state index contributed by atoms with van der Waals surface area (Å²) in [5.74, 6) is -0.687. The molecule has 0 radical (unpaired) electrons. The van der Waals surface area contributed by atoms with Gasteiger partial charge in [0.25, 0.3) is 10.0 Å². The molecule has 7 nitrogen and oxygen atoms in total. The molecule has 0 spiro atoms. The van der Waals surface area contributed by atoms with Gasteiger partial charge in [-0.25, -0.2) is 8.42 Å². The Morgan fingerprint density at radius 3 is 2.24 bits per heavy atom. The lowest BCUT2D eigenvalue weighted by Gasteiger charge is -2.33. The number of hydrogen-bond acceptors (Lipinski definition) is 4. The highest BCUT2D eigenvalue weighted by molar-refractivity contribution is 9.10. The smallest absolute Gasteiger partial charge is 0.264 e. The average Bonchev–Trinajstić information content (AvgIpc) is 3.48. The molecule has 218 valence electrons. The van der Waals surface area contributed by atoms with E-state index in [-0.39, 0.29) is 23.4 Å². The number of rotatable bonds is 11. The monoisotopic (exact) mass is 639 g/mol. The van der Waals surface area contributed by atoms with Crippen LogP contribution in [0.5, 0.6) is 0 Å². The average molecular weight is 641 g/mol. The van der Waals surface area contributed by atoms with Gasteiger partial charge in [0.05, 0.1) is 10.6 Å². The number of sulfonamides is 1. The molecule has 0 aromatic heterocycles. The Morgan fingerprint density at radius 2 is 1.61 bits per heavy atom. The van der Waals surface area contributed by atoms with Gasteiger partial charge < -0.3 is 10.2 Å². The second kappa shape index (κ2) is 13.7. The maximum absolute atomic E-state index is 14.1. The van der Waals surface area contributed by atoms with Gasteiger partial charge in [0.2, 0.25) is 11.8 Å². The van der Waals surface area contributed by atoms with Crippen LogP contribution in [0.25, 0.3) is 0 Å². The summed E-state index contributed by atoms with van der Waals surface area (Å²) in [6, 6.07) is 20.7. The van der Waals surface area contributed by atoms with Gasteiger partial charge in [-0.1, -0.05) is 83.7 Å². The summed E-state index contributed by atoms with van der Waals surface area (Å²) >= 11 is 3.44. The van der Waals surface area contributed by atoms with E-state index in [4.69, 9.17) is 0 Å². The molecular formula is C32H38BrN3O4S. The van der Waals surface area contributed by atoms with E-state index in [1.54, 1.807) is 43.3 Å². The summed E-state index contributed by atoms with van der Waals surface area (Å²) in [4.78, 5) is 29.1. The molecule has 2 amide bonds. The van der Waals surface area contributed by atoms with Crippen LogP contribution in [-0.4, -0.2) is 43.8 Å². The number of nitrogens with zero attached hydrogens (tertiary/aromatic N) is 2. The first-order chi connectivity index (χ1) is 19.6. The third kappa shape index (κ3) is 7.57. The summed E-state index contributed by atoms with van der Waals surface area (Å²) in [7, 11) is -4.10. The normalized spacial score (nSPS) is 14.4. The van der Waals surface area contributed by atoms with Crippen molar-refractivity contribution in [1.29, 1.82) is 0 Å². The fourth-order valence-corrected chi connectivity index (χ4v) is 6.88. The molecule has 3 aromatic rings. The predicted octanol–water partition coefficient (Wildman–Crippen LogP) is 5.99. The van der Waals surface area contributed by atoms with Gasteiger partial charge in [-0.3, -0.25) is 13.9 Å². The first kappa shape index (κ1) is 30.8. The zero-order chi connectivity index (χ0) is 29.6. The highest BCUT2D eigenvalue weighted by atomic mass is 79.9. The fraction of sp³-hybridized carbons (Fsp3) is 0.375. The van der Waals surface area contributed by atoms with Crippen LogP contribution >= 0.6 is 15.9 Å². The van der Waals surface area contributed by atoms with Crippen molar-refractivity contribution in [2.45, 2.75) is 76.4 Å². The second-order valence-corrected chi connectivity index (χ2v) is 13.4. The van der Waals surface area contributed by atoms with E-state index < -0.39 is 28.5 Å². The van der Waals surface area contributed by atoms with Gasteiger partial charge in [0, 0.05) is 17.1 Å². The SMILES string of the molecule is CCc1ccccc1N(CC(=O)N(Cc1ccc(Br)cc1)C(C)C(=O)NC1CCCC1)S(=O)(=O)c1ccc(C)cc1. The van der Waals surface area contributed by atoms with Crippen molar-refractivity contribution in [2.75, 3.05) is 10.8 Å². The molecule has 9 heteroatoms. The zero-order valence-electron chi connectivity index (χ0n) is 23.8. The minimum atomic E-state index is -4.10. The van der Waals surface area contributed by atoms with Crippen molar-refractivity contribution in [3.05, 3.63) is 94.0 Å². The molecule has 1 unspecified atom stereocenters. The van der Waals surface area contributed by atoms with Gasteiger partial charge in [-0.2, -0.15) is 0 Å². The van der Waals surface area contributed by atoms with E-state index in [0.29, 0.717) is 12.1 Å². The maximum Gasteiger partial charge on any atom is 0.264 e. The van der Waals surface area contributed by atoms with Crippen LogP contribution in [0, 0.1) is 6.92 Å². The number of nitrogens with one attached hydrogen (secondary N) is 1. The Bertz CT molecular complexity index is 1450. The Morgan fingerprint density at radius 1 is 0.976 bits per heavy atom. The van der Waals surface area contributed by atoms with E-state index in [2.05, 4.69) is 21.2 Å². The topological polar surface area (TPSA) is 86.8 Å². The van der Waals surface area contributed by atoms with Crippen molar-refractivity contribution in [3.8, 4) is 0 Å². The fourth-order valence-electron chi connectivity index (χ4n) is 5.16. The number of anilines is 1. The number of carbonyl (C=O) groups is 2. The Balaban J connectivity index is 1.71. The third-order valence-electron chi connectivity index (χ3n) is 7.66. The summed E-state index contributed by atoms with van der Waals surface area (Å²) in [5.41, 5.74) is 3.03. The minimum absolute atomic E-state index is 0.101. The van der Waals surface area contributed by atoms with E-state index in [9.17, 15) is 18.0 Å². The molecular weight excluding hydrogens is 602 g/mol. The zero-order valence-corrected chi connectivity index (χ0v) is 26.2. The lowest BCUT2D eigenvalue weighted by molar-refractivity contribution is -0.139. The maximum atomic E-state index is 14.1. The van der Waals surface area contributed by atoms with Crippen molar-refractivity contribution in [2.24, 2.45) is 0 Å². The minimum Gasteiger partial charge on any atom is -0.352 e. The lowest BCUT2D eigenvalue weighted by Crippen LogP contribution is -2.52. The van der Waals surface area contributed by atoms with Crippen LogP contribution in [0.1, 0.15) is 56.2 Å². The van der Waals surface area contributed by atoms with Crippen molar-refractivity contribution < 1.29 is 18.0 Å². The third-order valence-corrected chi connectivity index (χ3v) is 9.97. The van der Waals surface area contributed by atoms with Crippen LogP contribution < -0.4 is 9.62 Å². The summed E-state index contributed by atoms with van der Waals surface area (Å²) in [6.07, 6.45) is 4.59. The Kier molecular flexibility index (Phi) is 10.3. The molecule has 1 N–H and O–H groups in total. The van der Waals surface area contributed by atoms with Crippen LogP contribution in [-0.2, 0) is 32.6 Å². The highest BCUT2D eigenvalue weighted by Gasteiger charge is 2.34. The molecule has 1 saturated carbocycles. The van der Waals surface area contributed by atoms with E-state index in [1.807, 2.05) is 50.2 Å². The van der Waals surface area contributed by atoms with Gasteiger partial charge in [0.1, 0.15) is 12.6 Å². The highest BCUT2D eigenvalue weighted by Crippen LogP contribution is 2.28. The number of carbonyl (C=O) groups excluding carboxylic acids is 2. The van der Waals surface area contributed by atoms with Gasteiger partial charge in [-0.05, 0) is 74.6 Å². The molecule has 0 aliphatic heterocycles. The number of amides is 2. The number of hydrogen-bond donors (Lipinski definition) is 1. The summed E-state index contributed by atoms with van der Waals surface area (Å²) < 4.78 is 30.2. The molecule has 1 aliphatic carbocycles. The summed E-state index contributed by atoms with van der Waals surface area (Å²) in [5, 5.41) is 3.10. The molecule has 0 saturated heterocycles. The number of aryl methyl sites for hydroxylation is 2.